The molecule has 0 aliphatic rings. The molecule has 2 rings (SSSR count). The number of aromatic nitrogens is 2. The van der Waals surface area contributed by atoms with Gasteiger partial charge in [0.1, 0.15) is 0 Å². The smallest absolute Gasteiger partial charge is 0.240 e. The molecule has 0 saturated heterocycles. The lowest BCUT2D eigenvalue weighted by molar-refractivity contribution is 0.364. The van der Waals surface area contributed by atoms with Crippen molar-refractivity contribution in [2.45, 2.75) is 30.5 Å². The van der Waals surface area contributed by atoms with Gasteiger partial charge < -0.3 is 9.84 Å². The highest BCUT2D eigenvalue weighted by Crippen LogP contribution is 2.20. The fraction of sp³-hybridized carbons (Fsp3) is 0.385. The van der Waals surface area contributed by atoms with E-state index in [1.54, 1.807) is 11.8 Å². The van der Waals surface area contributed by atoms with E-state index in [0.29, 0.717) is 12.4 Å². The van der Waals surface area contributed by atoms with E-state index in [9.17, 15) is 0 Å². The van der Waals surface area contributed by atoms with E-state index in [1.807, 2.05) is 18.2 Å². The predicted octanol–water partition coefficient (Wildman–Crippen LogP) is 2.86. The molecule has 96 valence electrons. The van der Waals surface area contributed by atoms with Gasteiger partial charge in [-0.3, -0.25) is 0 Å². The van der Waals surface area contributed by atoms with Crippen molar-refractivity contribution in [1.82, 2.24) is 15.5 Å². The fourth-order valence-corrected chi connectivity index (χ4v) is 2.22. The van der Waals surface area contributed by atoms with Gasteiger partial charge in [0.25, 0.3) is 0 Å². The van der Waals surface area contributed by atoms with E-state index in [2.05, 4.69) is 34.5 Å². The van der Waals surface area contributed by atoms with Gasteiger partial charge in [-0.2, -0.15) is 4.98 Å². The molecule has 0 fully saturated rings. The van der Waals surface area contributed by atoms with E-state index in [0.717, 1.165) is 24.5 Å². The van der Waals surface area contributed by atoms with Crippen LogP contribution in [0.1, 0.15) is 25.1 Å². The van der Waals surface area contributed by atoms with Crippen molar-refractivity contribution >= 4 is 11.8 Å². The largest absolute Gasteiger partial charge is 0.338 e. The highest BCUT2D eigenvalue weighted by atomic mass is 32.2. The molecule has 0 aliphatic carbocycles. The third kappa shape index (κ3) is 4.16. The van der Waals surface area contributed by atoms with Gasteiger partial charge in [0.05, 0.1) is 12.3 Å². The molecule has 0 spiro atoms. The lowest BCUT2D eigenvalue weighted by atomic mass is 10.4. The Balaban J connectivity index is 1.80. The monoisotopic (exact) mass is 263 g/mol. The highest BCUT2D eigenvalue weighted by Gasteiger charge is 2.06. The molecule has 0 amide bonds. The van der Waals surface area contributed by atoms with Crippen molar-refractivity contribution in [3.05, 3.63) is 42.0 Å². The number of nitrogens with zero attached hydrogens (tertiary/aromatic N) is 2. The van der Waals surface area contributed by atoms with Crippen LogP contribution in [-0.4, -0.2) is 16.7 Å². The third-order valence-corrected chi connectivity index (χ3v) is 3.33. The van der Waals surface area contributed by atoms with Gasteiger partial charge in [-0.1, -0.05) is 30.3 Å². The zero-order valence-corrected chi connectivity index (χ0v) is 11.2. The minimum atomic E-state index is 0.650. The summed E-state index contributed by atoms with van der Waals surface area (Å²) >= 11 is 1.71. The standard InChI is InChI=1S/C13H17N3OS/c1-2-8-14-9-13-15-12(16-17-13)10-18-11-6-4-3-5-7-11/h3-7,14H,2,8-10H2,1H3. The summed E-state index contributed by atoms with van der Waals surface area (Å²) in [5.74, 6) is 2.14. The summed E-state index contributed by atoms with van der Waals surface area (Å²) in [5, 5.41) is 7.20. The van der Waals surface area contributed by atoms with Crippen molar-refractivity contribution in [1.29, 1.82) is 0 Å². The summed E-state index contributed by atoms with van der Waals surface area (Å²) in [6, 6.07) is 10.2. The van der Waals surface area contributed by atoms with E-state index in [1.165, 1.54) is 4.90 Å². The van der Waals surface area contributed by atoms with Gasteiger partial charge in [-0.05, 0) is 25.1 Å². The Morgan fingerprint density at radius 1 is 1.28 bits per heavy atom. The van der Waals surface area contributed by atoms with Gasteiger partial charge in [0.15, 0.2) is 5.82 Å². The second-order valence-electron chi connectivity index (χ2n) is 3.88. The van der Waals surface area contributed by atoms with Gasteiger partial charge in [0, 0.05) is 4.90 Å². The molecule has 0 unspecified atom stereocenters. The van der Waals surface area contributed by atoms with Crippen LogP contribution in [0, 0.1) is 0 Å². The topological polar surface area (TPSA) is 51.0 Å². The summed E-state index contributed by atoms with van der Waals surface area (Å²) in [4.78, 5) is 5.55. The molecule has 4 nitrogen and oxygen atoms in total. The van der Waals surface area contributed by atoms with Crippen LogP contribution in [-0.2, 0) is 12.3 Å². The van der Waals surface area contributed by atoms with E-state index in [-0.39, 0.29) is 0 Å². The van der Waals surface area contributed by atoms with Gasteiger partial charge >= 0.3 is 0 Å². The number of hydrogen-bond acceptors (Lipinski definition) is 5. The molecule has 0 radical (unpaired) electrons. The first-order valence-corrected chi connectivity index (χ1v) is 7.07. The molecule has 1 heterocycles. The molecule has 1 aromatic carbocycles. The number of rotatable bonds is 7. The summed E-state index contributed by atoms with van der Waals surface area (Å²) in [6.45, 7) is 3.75. The molecule has 5 heteroatoms. The fourth-order valence-electron chi connectivity index (χ4n) is 1.46. The maximum absolute atomic E-state index is 5.16. The van der Waals surface area contributed by atoms with Crippen molar-refractivity contribution in [3.8, 4) is 0 Å². The molecule has 1 aromatic heterocycles. The zero-order chi connectivity index (χ0) is 12.6. The Labute approximate surface area is 111 Å². The first-order valence-electron chi connectivity index (χ1n) is 6.08. The second kappa shape index (κ2) is 7.18. The molecule has 18 heavy (non-hydrogen) atoms. The van der Waals surface area contributed by atoms with Crippen LogP contribution in [0.4, 0.5) is 0 Å². The quantitative estimate of drug-likeness (QED) is 0.615. The van der Waals surface area contributed by atoms with Crippen LogP contribution in [0.3, 0.4) is 0 Å². The van der Waals surface area contributed by atoms with Crippen molar-refractivity contribution in [2.24, 2.45) is 0 Å². The first kappa shape index (κ1) is 13.1. The van der Waals surface area contributed by atoms with Crippen LogP contribution in [0.5, 0.6) is 0 Å². The molecule has 0 bridgehead atoms. The number of thioether (sulfide) groups is 1. The molecular weight excluding hydrogens is 246 g/mol. The Morgan fingerprint density at radius 2 is 2.11 bits per heavy atom. The molecule has 0 saturated carbocycles. The summed E-state index contributed by atoms with van der Waals surface area (Å²) in [7, 11) is 0. The molecule has 1 N–H and O–H groups in total. The van der Waals surface area contributed by atoms with Crippen LogP contribution < -0.4 is 5.32 Å². The zero-order valence-electron chi connectivity index (χ0n) is 10.4. The first-order chi connectivity index (χ1) is 8.88. The van der Waals surface area contributed by atoms with Crippen molar-refractivity contribution < 1.29 is 4.52 Å². The van der Waals surface area contributed by atoms with E-state index >= 15 is 0 Å². The second-order valence-corrected chi connectivity index (χ2v) is 4.93. The summed E-state index contributed by atoms with van der Waals surface area (Å²) in [6.07, 6.45) is 1.10. The predicted molar refractivity (Wildman–Crippen MR) is 72.3 cm³/mol. The minimum absolute atomic E-state index is 0.650. The van der Waals surface area contributed by atoms with Crippen LogP contribution in [0.15, 0.2) is 39.8 Å². The SMILES string of the molecule is CCCNCc1nc(CSc2ccccc2)no1. The Hall–Kier alpha value is -1.33. The molecular formula is C13H17N3OS. The minimum Gasteiger partial charge on any atom is -0.338 e. The lowest BCUT2D eigenvalue weighted by Crippen LogP contribution is -2.13. The van der Waals surface area contributed by atoms with Crippen LogP contribution in [0.25, 0.3) is 0 Å². The van der Waals surface area contributed by atoms with Gasteiger partial charge in [-0.25, -0.2) is 0 Å². The highest BCUT2D eigenvalue weighted by molar-refractivity contribution is 7.98. The van der Waals surface area contributed by atoms with Crippen LogP contribution >= 0.6 is 11.8 Å². The van der Waals surface area contributed by atoms with Crippen LogP contribution in [0.2, 0.25) is 0 Å². The van der Waals surface area contributed by atoms with Crippen molar-refractivity contribution in [3.63, 3.8) is 0 Å². The van der Waals surface area contributed by atoms with Crippen molar-refractivity contribution in [2.75, 3.05) is 6.54 Å². The van der Waals surface area contributed by atoms with E-state index < -0.39 is 0 Å². The number of hydrogen-bond donors (Lipinski definition) is 1. The Bertz CT molecular complexity index is 458. The summed E-state index contributed by atoms with van der Waals surface area (Å²) in [5.41, 5.74) is 0. The number of nitrogens with one attached hydrogen (secondary N) is 1. The van der Waals surface area contributed by atoms with Gasteiger partial charge in [-0.15, -0.1) is 11.8 Å². The average Bonchev–Trinajstić information content (AvgIpc) is 2.86. The molecule has 0 aliphatic heterocycles. The summed E-state index contributed by atoms with van der Waals surface area (Å²) < 4.78 is 5.16. The average molecular weight is 263 g/mol. The molecule has 2 aromatic rings. The third-order valence-electron chi connectivity index (χ3n) is 2.32. The normalized spacial score (nSPS) is 10.7. The lowest BCUT2D eigenvalue weighted by Gasteiger charge is -1.97. The van der Waals surface area contributed by atoms with E-state index in [4.69, 9.17) is 4.52 Å². The Kier molecular flexibility index (Phi) is 5.23. The molecule has 0 atom stereocenters. The maximum Gasteiger partial charge on any atom is 0.240 e. The number of benzene rings is 1. The van der Waals surface area contributed by atoms with Gasteiger partial charge in [0.2, 0.25) is 5.89 Å². The Morgan fingerprint density at radius 3 is 2.89 bits per heavy atom. The maximum atomic E-state index is 5.16.